The number of benzene rings is 4. The Morgan fingerprint density at radius 3 is 1.78 bits per heavy atom. The van der Waals surface area contributed by atoms with E-state index in [1.54, 1.807) is 0 Å². The molecule has 0 radical (unpaired) electrons. The predicted molar refractivity (Wildman–Crippen MR) is 225 cm³/mol. The molecule has 3 aliphatic carbocycles. The number of hydrogen-bond donors (Lipinski definition) is 0. The average molecular weight is 812 g/mol. The van der Waals surface area contributed by atoms with Gasteiger partial charge < -0.3 is 0 Å². The number of halogens is 2. The summed E-state index contributed by atoms with van der Waals surface area (Å²) in [5, 5.41) is 0. The molecule has 0 bridgehead atoms. The number of fused-ring (bicyclic) bond motifs is 2. The maximum atomic E-state index is 8.72. The zero-order valence-corrected chi connectivity index (χ0v) is 37.2. The molecule has 51 heavy (non-hydrogen) atoms. The molecule has 1 saturated carbocycles. The Bertz CT molecular complexity index is 1990. The Morgan fingerprint density at radius 1 is 0.725 bits per heavy atom. The Hall–Kier alpha value is -1.96. The van der Waals surface area contributed by atoms with Gasteiger partial charge in [0.15, 0.2) is 0 Å². The molecule has 7 rings (SSSR count). The van der Waals surface area contributed by atoms with Gasteiger partial charge in [-0.15, -0.1) is 0 Å². The molecule has 0 nitrogen and oxygen atoms in total. The van der Waals surface area contributed by atoms with Gasteiger partial charge in [0.2, 0.25) is 0 Å². The van der Waals surface area contributed by atoms with E-state index < -0.39 is 21.5 Å². The number of hydrogen-bond acceptors (Lipinski definition) is 0. The fourth-order valence-electron chi connectivity index (χ4n) is 9.85. The quantitative estimate of drug-likeness (QED) is 0.156. The van der Waals surface area contributed by atoms with Crippen molar-refractivity contribution in [2.24, 2.45) is 5.92 Å². The number of rotatable bonds is 8. The van der Waals surface area contributed by atoms with Crippen LogP contribution in [0.3, 0.4) is 0 Å². The summed E-state index contributed by atoms with van der Waals surface area (Å²) in [5.41, 5.74) is 16.4. The molecule has 267 valence electrons. The Morgan fingerprint density at radius 2 is 1.25 bits per heavy atom. The third-order valence-corrected chi connectivity index (χ3v) is 65.1. The molecule has 3 unspecified atom stereocenters. The van der Waals surface area contributed by atoms with Crippen molar-refractivity contribution in [3.05, 3.63) is 129 Å². The Kier molecular flexibility index (Phi) is 10.3. The molecule has 4 aromatic rings. The summed E-state index contributed by atoms with van der Waals surface area (Å²) in [6.07, 6.45) is 12.8. The van der Waals surface area contributed by atoms with Crippen molar-refractivity contribution in [3.8, 4) is 22.3 Å². The minimum atomic E-state index is -4.84. The molecule has 4 heteroatoms. The normalized spacial score (nSPS) is 20.7. The van der Waals surface area contributed by atoms with Crippen LogP contribution in [0.1, 0.15) is 127 Å². The molecular formula is C47H57Cl2SiZr. The third-order valence-electron chi connectivity index (χ3n) is 13.1. The van der Waals surface area contributed by atoms with Gasteiger partial charge in [-0.1, -0.05) is 0 Å². The first-order chi connectivity index (χ1) is 24.2. The van der Waals surface area contributed by atoms with Crippen LogP contribution in [-0.2, 0) is 21.0 Å². The maximum absolute atomic E-state index is 8.72. The Labute approximate surface area is 317 Å². The van der Waals surface area contributed by atoms with E-state index in [9.17, 15) is 0 Å². The van der Waals surface area contributed by atoms with Crippen molar-refractivity contribution in [2.75, 3.05) is 0 Å². The van der Waals surface area contributed by atoms with E-state index in [1.807, 2.05) is 0 Å². The van der Waals surface area contributed by atoms with E-state index in [-0.39, 0.29) is 12.7 Å². The van der Waals surface area contributed by atoms with Crippen LogP contribution < -0.4 is 0 Å². The van der Waals surface area contributed by atoms with Gasteiger partial charge in [0.05, 0.1) is 0 Å². The van der Waals surface area contributed by atoms with E-state index >= 15 is 0 Å². The van der Waals surface area contributed by atoms with Crippen LogP contribution in [0, 0.1) is 5.92 Å². The second kappa shape index (κ2) is 14.0. The van der Waals surface area contributed by atoms with Crippen molar-refractivity contribution in [2.45, 2.75) is 112 Å². The second-order valence-electron chi connectivity index (χ2n) is 17.5. The molecule has 3 atom stereocenters. The molecule has 0 spiro atoms. The summed E-state index contributed by atoms with van der Waals surface area (Å²) in [6, 6.07) is 32.6. The van der Waals surface area contributed by atoms with Gasteiger partial charge in [0.25, 0.3) is 0 Å². The zero-order valence-electron chi connectivity index (χ0n) is 32.1. The van der Waals surface area contributed by atoms with Crippen LogP contribution in [0.5, 0.6) is 0 Å². The summed E-state index contributed by atoms with van der Waals surface area (Å²) in [5.74, 6) is -0.527. The molecule has 3 aliphatic rings. The van der Waals surface area contributed by atoms with E-state index in [0.717, 1.165) is 6.42 Å². The molecule has 0 aromatic heterocycles. The van der Waals surface area contributed by atoms with Crippen LogP contribution in [0.25, 0.3) is 34.4 Å². The standard InChI is InChI=1S/C23H27.C22H23.C2H7Si.2ClH.Zr/c1-6-16(2)19-14-18-8-7-9-21(22(18)15-19)17-10-12-20(13-11-17)23(3,4)5;1-16-14-20-8-5-9-21(22(20)15-16)19-12-10-18(11-13-19)17-6-3-2-4-7-17;1-3-2;;;/h7-16H,6H2,1-5H3;5,8-15,17H,2-4,6-7H2,1H3;3H,1-2H3;2*1H;/q;;;;;+2/p-2. The predicted octanol–water partition coefficient (Wildman–Crippen LogP) is 15.0. The van der Waals surface area contributed by atoms with Gasteiger partial charge in [-0.25, -0.2) is 0 Å². The minimum absolute atomic E-state index is 0.0935. The molecule has 0 amide bonds. The van der Waals surface area contributed by atoms with E-state index in [4.69, 9.17) is 17.0 Å². The van der Waals surface area contributed by atoms with Crippen LogP contribution in [-0.4, -0.2) is 5.92 Å². The number of allylic oxidation sites excluding steroid dienone is 2. The molecule has 0 saturated heterocycles. The van der Waals surface area contributed by atoms with Crippen LogP contribution in [0.4, 0.5) is 0 Å². The second-order valence-corrected chi connectivity index (χ2v) is 60.0. The van der Waals surface area contributed by atoms with Gasteiger partial charge in [-0.3, -0.25) is 0 Å². The fourth-order valence-corrected chi connectivity index (χ4v) is 41.9. The van der Waals surface area contributed by atoms with Crippen molar-refractivity contribution >= 4 is 35.1 Å². The summed E-state index contributed by atoms with van der Waals surface area (Å²) in [4.78, 5) is 0. The van der Waals surface area contributed by atoms with Crippen LogP contribution >= 0.6 is 17.0 Å². The van der Waals surface area contributed by atoms with Gasteiger partial charge in [-0.05, 0) is 0 Å². The molecule has 0 aliphatic heterocycles. The molecule has 1 fully saturated rings. The van der Waals surface area contributed by atoms with Gasteiger partial charge in [0.1, 0.15) is 0 Å². The first-order valence-corrected chi connectivity index (χ1v) is 36.0. The molecule has 0 N–H and O–H groups in total. The van der Waals surface area contributed by atoms with Crippen molar-refractivity contribution < 1.29 is 15.6 Å². The zero-order chi connectivity index (χ0) is 36.3. The average Bonchev–Trinajstić information content (AvgIpc) is 3.70. The summed E-state index contributed by atoms with van der Waals surface area (Å²) < 4.78 is 0.189. The van der Waals surface area contributed by atoms with Gasteiger partial charge >= 0.3 is 320 Å². The van der Waals surface area contributed by atoms with Gasteiger partial charge in [-0.2, -0.15) is 0 Å². The van der Waals surface area contributed by atoms with Gasteiger partial charge in [0, 0.05) is 0 Å². The fraction of sp³-hybridized carbons (Fsp3) is 0.404. The first-order valence-electron chi connectivity index (χ1n) is 19.7. The topological polar surface area (TPSA) is 0 Å². The van der Waals surface area contributed by atoms with E-state index in [2.05, 4.69) is 152 Å². The van der Waals surface area contributed by atoms with E-state index in [0.29, 0.717) is 11.8 Å². The van der Waals surface area contributed by atoms with Crippen LogP contribution in [0.15, 0.2) is 96.1 Å². The molecule has 0 heterocycles. The molecular weight excluding hydrogens is 755 g/mol. The summed E-state index contributed by atoms with van der Waals surface area (Å²) >= 11 is -4.84. The van der Waals surface area contributed by atoms with E-state index in [1.165, 1.54) is 98.9 Å². The summed E-state index contributed by atoms with van der Waals surface area (Å²) in [6.45, 7) is 18.8. The third kappa shape index (κ3) is 6.41. The first kappa shape index (κ1) is 37.4. The van der Waals surface area contributed by atoms with Crippen molar-refractivity contribution in [1.29, 1.82) is 0 Å². The van der Waals surface area contributed by atoms with Crippen molar-refractivity contribution in [1.82, 2.24) is 0 Å². The summed E-state index contributed by atoms with van der Waals surface area (Å²) in [7, 11) is 17.4. The monoisotopic (exact) mass is 809 g/mol. The molecule has 4 aromatic carbocycles. The Balaban J connectivity index is 1.35. The van der Waals surface area contributed by atoms with Crippen LogP contribution in [0.2, 0.25) is 13.1 Å². The van der Waals surface area contributed by atoms with Crippen molar-refractivity contribution in [3.63, 3.8) is 0 Å². The SMILES string of the molecule is CCC(C)C1=Cc2c(-c3ccc(C(C)(C)C)cc3)cccc2[CH]1[Zr]([Cl])([Cl])([CH]1C(C)=Cc2c(-c3ccc(C4CCCCC4)cc3)cccc21)[SiH](C)C.